The average molecular weight is 237 g/mol. The summed E-state index contributed by atoms with van der Waals surface area (Å²) in [5.74, 6) is 1.18. The van der Waals surface area contributed by atoms with Crippen molar-refractivity contribution in [2.75, 3.05) is 19.6 Å². The minimum absolute atomic E-state index is 0.128. The largest absolute Gasteiger partial charge is 0.355 e. The summed E-state index contributed by atoms with van der Waals surface area (Å²) < 4.78 is 1.87. The van der Waals surface area contributed by atoms with E-state index in [1.54, 1.807) is 6.33 Å². The van der Waals surface area contributed by atoms with E-state index >= 15 is 0 Å². The maximum absolute atomic E-state index is 11.8. The molecule has 1 saturated heterocycles. The van der Waals surface area contributed by atoms with E-state index in [-0.39, 0.29) is 11.8 Å². The van der Waals surface area contributed by atoms with Crippen molar-refractivity contribution in [1.29, 1.82) is 0 Å². The van der Waals surface area contributed by atoms with Crippen LogP contribution in [0.15, 0.2) is 6.33 Å². The molecule has 0 unspecified atom stereocenters. The summed E-state index contributed by atoms with van der Waals surface area (Å²) in [6, 6.07) is 0. The van der Waals surface area contributed by atoms with Crippen LogP contribution in [0.2, 0.25) is 0 Å². The highest BCUT2D eigenvalue weighted by Crippen LogP contribution is 2.09. The third kappa shape index (κ3) is 3.26. The normalized spacial score (nSPS) is 20.2. The molecule has 2 N–H and O–H groups in total. The van der Waals surface area contributed by atoms with E-state index in [0.29, 0.717) is 6.54 Å². The fraction of sp³-hybridized carbons (Fsp3) is 0.727. The molecule has 0 aliphatic carbocycles. The van der Waals surface area contributed by atoms with E-state index in [9.17, 15) is 4.79 Å². The summed E-state index contributed by atoms with van der Waals surface area (Å²) in [4.78, 5) is 11.8. The molecule has 1 amide bonds. The van der Waals surface area contributed by atoms with Gasteiger partial charge in [-0.2, -0.15) is 0 Å². The number of rotatable bonds is 4. The minimum Gasteiger partial charge on any atom is -0.355 e. The SMILES string of the molecule is Cn1cnnc1CCNC(=O)[C@H]1CCCNC1. The summed E-state index contributed by atoms with van der Waals surface area (Å²) in [5.41, 5.74) is 0. The quantitative estimate of drug-likeness (QED) is 0.738. The van der Waals surface area contributed by atoms with Crippen molar-refractivity contribution in [1.82, 2.24) is 25.4 Å². The van der Waals surface area contributed by atoms with Crippen molar-refractivity contribution in [3.8, 4) is 0 Å². The first-order chi connectivity index (χ1) is 8.27. The van der Waals surface area contributed by atoms with Crippen LogP contribution in [0.1, 0.15) is 18.7 Å². The van der Waals surface area contributed by atoms with Gasteiger partial charge in [0.25, 0.3) is 0 Å². The van der Waals surface area contributed by atoms with Gasteiger partial charge >= 0.3 is 0 Å². The molecule has 94 valence electrons. The summed E-state index contributed by atoms with van der Waals surface area (Å²) in [7, 11) is 1.90. The van der Waals surface area contributed by atoms with E-state index in [1.807, 2.05) is 11.6 Å². The first-order valence-corrected chi connectivity index (χ1v) is 6.08. The number of hydrogen-bond acceptors (Lipinski definition) is 4. The zero-order valence-corrected chi connectivity index (χ0v) is 10.1. The lowest BCUT2D eigenvalue weighted by Crippen LogP contribution is -2.41. The topological polar surface area (TPSA) is 71.8 Å². The van der Waals surface area contributed by atoms with E-state index in [2.05, 4.69) is 20.8 Å². The number of amides is 1. The summed E-state index contributed by atoms with van der Waals surface area (Å²) >= 11 is 0. The smallest absolute Gasteiger partial charge is 0.224 e. The third-order valence-electron chi connectivity index (χ3n) is 3.12. The van der Waals surface area contributed by atoms with Crippen LogP contribution in [0, 0.1) is 5.92 Å². The van der Waals surface area contributed by atoms with Gasteiger partial charge in [0.2, 0.25) is 5.91 Å². The Balaban J connectivity index is 1.71. The molecule has 0 spiro atoms. The second kappa shape index (κ2) is 5.77. The molecule has 1 aliphatic rings. The van der Waals surface area contributed by atoms with Crippen LogP contribution < -0.4 is 10.6 Å². The zero-order chi connectivity index (χ0) is 12.1. The van der Waals surface area contributed by atoms with Gasteiger partial charge in [-0.05, 0) is 19.4 Å². The number of carbonyl (C=O) groups excluding carboxylic acids is 1. The number of piperidine rings is 1. The molecule has 0 aromatic carbocycles. The first-order valence-electron chi connectivity index (χ1n) is 6.08. The lowest BCUT2D eigenvalue weighted by molar-refractivity contribution is -0.125. The van der Waals surface area contributed by atoms with Crippen LogP contribution in [-0.2, 0) is 18.3 Å². The van der Waals surface area contributed by atoms with Crippen molar-refractivity contribution in [3.63, 3.8) is 0 Å². The maximum atomic E-state index is 11.8. The molecule has 0 radical (unpaired) electrons. The lowest BCUT2D eigenvalue weighted by atomic mass is 9.99. The van der Waals surface area contributed by atoms with Crippen molar-refractivity contribution in [2.24, 2.45) is 13.0 Å². The highest BCUT2D eigenvalue weighted by Gasteiger charge is 2.20. The molecule has 0 bridgehead atoms. The minimum atomic E-state index is 0.128. The Morgan fingerprint density at radius 1 is 1.71 bits per heavy atom. The first kappa shape index (κ1) is 12.0. The van der Waals surface area contributed by atoms with Crippen LogP contribution >= 0.6 is 0 Å². The molecule has 2 rings (SSSR count). The molecular weight excluding hydrogens is 218 g/mol. The van der Waals surface area contributed by atoms with Crippen LogP contribution in [0.3, 0.4) is 0 Å². The van der Waals surface area contributed by atoms with Gasteiger partial charge in [0.05, 0.1) is 5.92 Å². The van der Waals surface area contributed by atoms with Crippen molar-refractivity contribution in [2.45, 2.75) is 19.3 Å². The second-order valence-corrected chi connectivity index (χ2v) is 4.44. The number of aryl methyl sites for hydroxylation is 1. The monoisotopic (exact) mass is 237 g/mol. The van der Waals surface area contributed by atoms with Gasteiger partial charge in [-0.1, -0.05) is 0 Å². The highest BCUT2D eigenvalue weighted by molar-refractivity contribution is 5.78. The lowest BCUT2D eigenvalue weighted by Gasteiger charge is -2.21. The molecule has 1 atom stereocenters. The Morgan fingerprint density at radius 2 is 2.59 bits per heavy atom. The van der Waals surface area contributed by atoms with Gasteiger partial charge in [0, 0.05) is 26.6 Å². The molecule has 6 nitrogen and oxygen atoms in total. The van der Waals surface area contributed by atoms with Crippen LogP contribution in [-0.4, -0.2) is 40.3 Å². The third-order valence-corrected chi connectivity index (χ3v) is 3.12. The molecular formula is C11H19N5O. The molecule has 6 heteroatoms. The predicted octanol–water partition coefficient (Wildman–Crippen LogP) is -0.527. The molecule has 2 heterocycles. The number of hydrogen-bond donors (Lipinski definition) is 2. The van der Waals surface area contributed by atoms with Crippen molar-refractivity contribution < 1.29 is 4.79 Å². The molecule has 1 aromatic rings. The maximum Gasteiger partial charge on any atom is 0.224 e. The summed E-state index contributed by atoms with van der Waals surface area (Å²) in [6.07, 6.45) is 4.47. The predicted molar refractivity (Wildman–Crippen MR) is 63.3 cm³/mol. The fourth-order valence-corrected chi connectivity index (χ4v) is 2.05. The van der Waals surface area contributed by atoms with Crippen LogP contribution in [0.5, 0.6) is 0 Å². The summed E-state index contributed by atoms with van der Waals surface area (Å²) in [5, 5.41) is 14.0. The standard InChI is InChI=1S/C11H19N5O/c1-16-8-14-15-10(16)4-6-13-11(17)9-3-2-5-12-7-9/h8-9,12H,2-7H2,1H3,(H,13,17)/t9-/m0/s1. The van der Waals surface area contributed by atoms with Crippen LogP contribution in [0.4, 0.5) is 0 Å². The zero-order valence-electron chi connectivity index (χ0n) is 10.1. The Kier molecular flexibility index (Phi) is 4.08. The van der Waals surface area contributed by atoms with E-state index < -0.39 is 0 Å². The van der Waals surface area contributed by atoms with Gasteiger partial charge in [0.1, 0.15) is 12.2 Å². The van der Waals surface area contributed by atoms with E-state index in [4.69, 9.17) is 0 Å². The number of aromatic nitrogens is 3. The number of carbonyl (C=O) groups is 1. The van der Waals surface area contributed by atoms with Crippen LogP contribution in [0.25, 0.3) is 0 Å². The van der Waals surface area contributed by atoms with Crippen molar-refractivity contribution >= 4 is 5.91 Å². The molecule has 1 aliphatic heterocycles. The van der Waals surface area contributed by atoms with Gasteiger partial charge in [0.15, 0.2) is 0 Å². The Morgan fingerprint density at radius 3 is 3.24 bits per heavy atom. The Labute approximate surface area is 101 Å². The molecule has 0 saturated carbocycles. The average Bonchev–Trinajstić information content (AvgIpc) is 2.76. The van der Waals surface area contributed by atoms with Gasteiger partial charge < -0.3 is 15.2 Å². The Hall–Kier alpha value is -1.43. The molecule has 1 aromatic heterocycles. The number of nitrogens with one attached hydrogen (secondary N) is 2. The number of nitrogens with zero attached hydrogens (tertiary/aromatic N) is 3. The molecule has 1 fully saturated rings. The van der Waals surface area contributed by atoms with Gasteiger partial charge in [-0.25, -0.2) is 0 Å². The second-order valence-electron chi connectivity index (χ2n) is 4.44. The Bertz CT molecular complexity index is 370. The van der Waals surface area contributed by atoms with E-state index in [0.717, 1.165) is 38.2 Å². The highest BCUT2D eigenvalue weighted by atomic mass is 16.1. The van der Waals surface area contributed by atoms with Gasteiger partial charge in [-0.15, -0.1) is 10.2 Å². The van der Waals surface area contributed by atoms with E-state index in [1.165, 1.54) is 0 Å². The fourth-order valence-electron chi connectivity index (χ4n) is 2.05. The summed E-state index contributed by atoms with van der Waals surface area (Å²) in [6.45, 7) is 2.46. The molecule has 17 heavy (non-hydrogen) atoms. The van der Waals surface area contributed by atoms with Crippen molar-refractivity contribution in [3.05, 3.63) is 12.2 Å². The van der Waals surface area contributed by atoms with Gasteiger partial charge in [-0.3, -0.25) is 4.79 Å².